The number of rotatable bonds is 7. The molecule has 2 aliphatic rings. The first-order chi connectivity index (χ1) is 13.6. The van der Waals surface area contributed by atoms with Crippen LogP contribution < -0.4 is 16.0 Å². The lowest BCUT2D eigenvalue weighted by Crippen LogP contribution is -2.48. The molecular weight excluding hydrogens is 380 g/mol. The van der Waals surface area contributed by atoms with Gasteiger partial charge in [0.15, 0.2) is 5.96 Å². The van der Waals surface area contributed by atoms with Gasteiger partial charge in [-0.3, -0.25) is 19.6 Å². The van der Waals surface area contributed by atoms with E-state index in [1.165, 1.54) is 9.78 Å². The first-order valence-corrected chi connectivity index (χ1v) is 10.4. The highest BCUT2D eigenvalue weighted by atomic mass is 32.1. The number of ether oxygens (including phenoxy) is 1. The van der Waals surface area contributed by atoms with Crippen molar-refractivity contribution in [2.45, 2.75) is 19.1 Å². The monoisotopic (exact) mass is 408 g/mol. The highest BCUT2D eigenvalue weighted by Crippen LogP contribution is 2.26. The maximum absolute atomic E-state index is 11.6. The molecule has 2 saturated heterocycles. The maximum Gasteiger partial charge on any atom is 0.324 e. The van der Waals surface area contributed by atoms with Gasteiger partial charge in [-0.1, -0.05) is 6.07 Å². The second kappa shape index (κ2) is 9.85. The number of thiophene rings is 1. The Morgan fingerprint density at radius 2 is 2.32 bits per heavy atom. The van der Waals surface area contributed by atoms with Gasteiger partial charge < -0.3 is 20.7 Å². The van der Waals surface area contributed by atoms with Gasteiger partial charge in [-0.25, -0.2) is 4.79 Å². The number of morpholine rings is 1. The second-order valence-corrected chi connectivity index (χ2v) is 7.77. The van der Waals surface area contributed by atoms with Crippen molar-refractivity contribution in [3.05, 3.63) is 22.4 Å². The van der Waals surface area contributed by atoms with Gasteiger partial charge in [0.1, 0.15) is 0 Å². The van der Waals surface area contributed by atoms with E-state index in [0.29, 0.717) is 25.6 Å². The molecule has 9 nitrogen and oxygen atoms in total. The molecular formula is C18H28N6O3S. The zero-order chi connectivity index (χ0) is 19.9. The van der Waals surface area contributed by atoms with E-state index in [9.17, 15) is 9.59 Å². The van der Waals surface area contributed by atoms with E-state index >= 15 is 0 Å². The molecule has 2 atom stereocenters. The van der Waals surface area contributed by atoms with Gasteiger partial charge in [-0.2, -0.15) is 0 Å². The Labute approximate surface area is 169 Å². The Kier molecular flexibility index (Phi) is 7.24. The largest absolute Gasteiger partial charge is 0.376 e. The highest BCUT2D eigenvalue weighted by molar-refractivity contribution is 7.10. The molecule has 28 heavy (non-hydrogen) atoms. The maximum atomic E-state index is 11.6. The van der Waals surface area contributed by atoms with Crippen LogP contribution in [0.4, 0.5) is 4.79 Å². The fraction of sp³-hybridized carbons (Fsp3) is 0.611. The van der Waals surface area contributed by atoms with Crippen molar-refractivity contribution in [2.75, 3.05) is 52.9 Å². The quantitative estimate of drug-likeness (QED) is 0.339. The summed E-state index contributed by atoms with van der Waals surface area (Å²) in [5, 5.41) is 11.2. The van der Waals surface area contributed by atoms with Crippen molar-refractivity contribution in [3.8, 4) is 0 Å². The summed E-state index contributed by atoms with van der Waals surface area (Å²) in [6, 6.07) is 4.12. The molecule has 0 radical (unpaired) electrons. The standard InChI is InChI=1S/C18H28N6O3S/c1-13-12-23(7-8-27-13)14(15-4-3-9-28-15)10-21-17(19-2)20-5-6-24-16(25)11-22-18(24)26/h3-4,9,13-14H,5-8,10-12H2,1-2H3,(H,22,26)(H2,19,20,21). The lowest BCUT2D eigenvalue weighted by Gasteiger charge is -2.37. The van der Waals surface area contributed by atoms with Crippen molar-refractivity contribution in [1.29, 1.82) is 0 Å². The number of guanidine groups is 1. The molecule has 154 valence electrons. The number of amides is 3. The fourth-order valence-electron chi connectivity index (χ4n) is 3.40. The molecule has 3 N–H and O–H groups in total. The zero-order valence-electron chi connectivity index (χ0n) is 16.3. The van der Waals surface area contributed by atoms with E-state index < -0.39 is 0 Å². The molecule has 3 amide bonds. The number of nitrogens with zero attached hydrogens (tertiary/aromatic N) is 3. The van der Waals surface area contributed by atoms with Crippen molar-refractivity contribution in [2.24, 2.45) is 4.99 Å². The second-order valence-electron chi connectivity index (χ2n) is 6.79. The SMILES string of the molecule is CN=C(NCCN1C(=O)CNC1=O)NCC(c1cccs1)N1CCOC(C)C1. The molecule has 0 aromatic carbocycles. The van der Waals surface area contributed by atoms with Crippen LogP contribution in [0.3, 0.4) is 0 Å². The highest BCUT2D eigenvalue weighted by Gasteiger charge is 2.28. The van der Waals surface area contributed by atoms with E-state index in [1.54, 1.807) is 18.4 Å². The average molecular weight is 409 g/mol. The number of nitrogens with one attached hydrogen (secondary N) is 3. The lowest BCUT2D eigenvalue weighted by atomic mass is 10.1. The number of imide groups is 1. The van der Waals surface area contributed by atoms with Gasteiger partial charge in [0.05, 0.1) is 25.3 Å². The fourth-order valence-corrected chi connectivity index (χ4v) is 4.26. The minimum atomic E-state index is -0.339. The third kappa shape index (κ3) is 5.21. The van der Waals surface area contributed by atoms with Gasteiger partial charge >= 0.3 is 6.03 Å². The summed E-state index contributed by atoms with van der Waals surface area (Å²) >= 11 is 1.75. The topological polar surface area (TPSA) is 98.3 Å². The van der Waals surface area contributed by atoms with E-state index in [-0.39, 0.29) is 30.6 Å². The van der Waals surface area contributed by atoms with Gasteiger partial charge in [-0.05, 0) is 18.4 Å². The van der Waals surface area contributed by atoms with Crippen LogP contribution in [-0.2, 0) is 9.53 Å². The molecule has 3 rings (SSSR count). The normalized spacial score (nSPS) is 22.3. The Bertz CT molecular complexity index is 680. The molecule has 2 fully saturated rings. The number of carbonyl (C=O) groups is 2. The van der Waals surface area contributed by atoms with Crippen LogP contribution in [0.5, 0.6) is 0 Å². The molecule has 1 aromatic heterocycles. The van der Waals surface area contributed by atoms with Gasteiger partial charge in [0.2, 0.25) is 5.91 Å². The smallest absolute Gasteiger partial charge is 0.324 e. The van der Waals surface area contributed by atoms with Crippen LogP contribution in [0.1, 0.15) is 17.8 Å². The van der Waals surface area contributed by atoms with Crippen molar-refractivity contribution in [1.82, 2.24) is 25.8 Å². The minimum absolute atomic E-state index is 0.0757. The summed E-state index contributed by atoms with van der Waals surface area (Å²) in [4.78, 5) is 32.4. The first kappa shape index (κ1) is 20.6. The third-order valence-electron chi connectivity index (χ3n) is 4.84. The minimum Gasteiger partial charge on any atom is -0.376 e. The van der Waals surface area contributed by atoms with Gasteiger partial charge in [0, 0.05) is 44.6 Å². The van der Waals surface area contributed by atoms with Crippen molar-refractivity contribution >= 4 is 29.2 Å². The summed E-state index contributed by atoms with van der Waals surface area (Å²) in [7, 11) is 1.71. The molecule has 0 bridgehead atoms. The Hall–Kier alpha value is -2.17. The van der Waals surface area contributed by atoms with Crippen LogP contribution in [0, 0.1) is 0 Å². The Morgan fingerprint density at radius 1 is 1.46 bits per heavy atom. The van der Waals surface area contributed by atoms with Crippen LogP contribution >= 0.6 is 11.3 Å². The zero-order valence-corrected chi connectivity index (χ0v) is 17.1. The molecule has 0 saturated carbocycles. The Morgan fingerprint density at radius 3 is 2.96 bits per heavy atom. The predicted molar refractivity (Wildman–Crippen MR) is 109 cm³/mol. The molecule has 0 spiro atoms. The first-order valence-electron chi connectivity index (χ1n) is 9.50. The number of carbonyl (C=O) groups excluding carboxylic acids is 2. The molecule has 0 aliphatic carbocycles. The summed E-state index contributed by atoms with van der Waals surface area (Å²) in [5.41, 5.74) is 0. The molecule has 1 aromatic rings. The van der Waals surface area contributed by atoms with E-state index in [4.69, 9.17) is 4.74 Å². The Balaban J connectivity index is 1.52. The molecule has 2 unspecified atom stereocenters. The van der Waals surface area contributed by atoms with Crippen LogP contribution in [0.25, 0.3) is 0 Å². The van der Waals surface area contributed by atoms with Crippen LogP contribution in [0.15, 0.2) is 22.5 Å². The number of urea groups is 1. The van der Waals surface area contributed by atoms with Crippen molar-refractivity contribution in [3.63, 3.8) is 0 Å². The molecule has 2 aliphatic heterocycles. The summed E-state index contributed by atoms with van der Waals surface area (Å²) < 4.78 is 5.68. The number of hydrogen-bond donors (Lipinski definition) is 3. The molecule has 10 heteroatoms. The summed E-state index contributed by atoms with van der Waals surface area (Å²) in [6.45, 7) is 6.15. The third-order valence-corrected chi connectivity index (χ3v) is 5.81. The van der Waals surface area contributed by atoms with E-state index in [1.807, 2.05) is 0 Å². The van der Waals surface area contributed by atoms with E-state index in [2.05, 4.69) is 50.3 Å². The van der Waals surface area contributed by atoms with Gasteiger partial charge in [0.25, 0.3) is 0 Å². The summed E-state index contributed by atoms with van der Waals surface area (Å²) in [5.74, 6) is 0.448. The number of aliphatic imine (C=N–C) groups is 1. The average Bonchev–Trinajstić information content (AvgIpc) is 3.32. The number of hydrogen-bond acceptors (Lipinski definition) is 6. The molecule has 3 heterocycles. The van der Waals surface area contributed by atoms with Crippen molar-refractivity contribution < 1.29 is 14.3 Å². The lowest BCUT2D eigenvalue weighted by molar-refractivity contribution is -0.124. The van der Waals surface area contributed by atoms with Crippen LogP contribution in [0.2, 0.25) is 0 Å². The van der Waals surface area contributed by atoms with E-state index in [0.717, 1.165) is 19.7 Å². The summed E-state index contributed by atoms with van der Waals surface area (Å²) in [6.07, 6.45) is 0.220. The predicted octanol–water partition coefficient (Wildman–Crippen LogP) is 0.227. The van der Waals surface area contributed by atoms with Crippen LogP contribution in [-0.4, -0.2) is 86.7 Å². The van der Waals surface area contributed by atoms with Gasteiger partial charge in [-0.15, -0.1) is 11.3 Å².